The van der Waals surface area contributed by atoms with Gasteiger partial charge in [-0.05, 0) is 38.1 Å². The number of halogens is 4. The number of anilines is 2. The summed E-state index contributed by atoms with van der Waals surface area (Å²) in [7, 11) is 1.23. The number of hydrogen-bond acceptors (Lipinski definition) is 7. The Hall–Kier alpha value is -3.18. The molecule has 3 aromatic rings. The molecular formula is C21H22ClF3N6O2. The number of esters is 1. The summed E-state index contributed by atoms with van der Waals surface area (Å²) in [5.74, 6) is -0.571. The number of carbonyl (C=O) groups excluding carboxylic acids is 1. The van der Waals surface area contributed by atoms with Crippen molar-refractivity contribution in [2.75, 3.05) is 25.5 Å². The molecule has 0 aliphatic carbocycles. The first-order chi connectivity index (χ1) is 15.3. The van der Waals surface area contributed by atoms with E-state index in [9.17, 15) is 18.0 Å². The van der Waals surface area contributed by atoms with Gasteiger partial charge in [0.15, 0.2) is 0 Å². The third kappa shape index (κ3) is 5.60. The number of nitrogens with zero attached hydrogens (tertiary/aromatic N) is 4. The summed E-state index contributed by atoms with van der Waals surface area (Å²) in [6, 6.07) is 5.83. The van der Waals surface area contributed by atoms with Crippen LogP contribution in [0.2, 0.25) is 0 Å². The van der Waals surface area contributed by atoms with Crippen molar-refractivity contribution in [2.45, 2.75) is 25.1 Å². The van der Waals surface area contributed by atoms with Gasteiger partial charge in [-0.2, -0.15) is 18.3 Å². The van der Waals surface area contributed by atoms with E-state index in [0.29, 0.717) is 5.69 Å². The van der Waals surface area contributed by atoms with Gasteiger partial charge in [-0.1, -0.05) is 12.1 Å². The predicted molar refractivity (Wildman–Crippen MR) is 118 cm³/mol. The van der Waals surface area contributed by atoms with Crippen molar-refractivity contribution in [3.05, 3.63) is 54.0 Å². The van der Waals surface area contributed by atoms with E-state index >= 15 is 0 Å². The molecule has 0 amide bonds. The Kier molecular flexibility index (Phi) is 7.54. The minimum atomic E-state index is -4.64. The highest BCUT2D eigenvalue weighted by molar-refractivity contribution is 5.90. The number of benzene rings is 1. The SMILES string of the molecule is COC(=O)c1ccc(-c2nc(Nc3cnn(C4CCNCC4)c3)ncc2C(F)(F)F)cc1.Cl. The van der Waals surface area contributed by atoms with E-state index in [2.05, 4.69) is 30.4 Å². The summed E-state index contributed by atoms with van der Waals surface area (Å²) in [5.41, 5.74) is -0.268. The van der Waals surface area contributed by atoms with Gasteiger partial charge in [-0.25, -0.2) is 14.8 Å². The molecule has 0 bridgehead atoms. The van der Waals surface area contributed by atoms with E-state index in [1.54, 1.807) is 12.4 Å². The van der Waals surface area contributed by atoms with Crippen LogP contribution < -0.4 is 10.6 Å². The molecule has 4 rings (SSSR count). The third-order valence-electron chi connectivity index (χ3n) is 5.21. The fourth-order valence-corrected chi connectivity index (χ4v) is 3.55. The van der Waals surface area contributed by atoms with Crippen molar-refractivity contribution in [2.24, 2.45) is 0 Å². The molecule has 0 saturated carbocycles. The minimum Gasteiger partial charge on any atom is -0.465 e. The highest BCUT2D eigenvalue weighted by Gasteiger charge is 2.35. The maximum absolute atomic E-state index is 13.6. The van der Waals surface area contributed by atoms with Crippen LogP contribution >= 0.6 is 12.4 Å². The monoisotopic (exact) mass is 482 g/mol. The number of nitrogens with one attached hydrogen (secondary N) is 2. The highest BCUT2D eigenvalue weighted by Crippen LogP contribution is 2.36. The first kappa shape index (κ1) is 24.5. The second-order valence-electron chi connectivity index (χ2n) is 7.34. The molecule has 1 aliphatic heterocycles. The van der Waals surface area contributed by atoms with Gasteiger partial charge in [-0.15, -0.1) is 12.4 Å². The summed E-state index contributed by atoms with van der Waals surface area (Å²) in [6.45, 7) is 1.82. The van der Waals surface area contributed by atoms with Crippen molar-refractivity contribution >= 4 is 30.0 Å². The van der Waals surface area contributed by atoms with Crippen molar-refractivity contribution in [1.29, 1.82) is 0 Å². The molecule has 3 heterocycles. The maximum Gasteiger partial charge on any atom is 0.419 e. The smallest absolute Gasteiger partial charge is 0.419 e. The van der Waals surface area contributed by atoms with E-state index < -0.39 is 17.7 Å². The molecule has 0 spiro atoms. The van der Waals surface area contributed by atoms with Gasteiger partial charge in [0.1, 0.15) is 5.56 Å². The lowest BCUT2D eigenvalue weighted by molar-refractivity contribution is -0.137. The summed E-state index contributed by atoms with van der Waals surface area (Å²) in [4.78, 5) is 19.6. The van der Waals surface area contributed by atoms with Crippen LogP contribution in [0.15, 0.2) is 42.9 Å². The van der Waals surface area contributed by atoms with E-state index in [1.807, 2.05) is 4.68 Å². The van der Waals surface area contributed by atoms with Crippen molar-refractivity contribution in [3.8, 4) is 11.3 Å². The van der Waals surface area contributed by atoms with Crippen molar-refractivity contribution < 1.29 is 22.7 Å². The summed E-state index contributed by atoms with van der Waals surface area (Å²) in [6.07, 6.45) is 1.38. The molecule has 1 aliphatic rings. The van der Waals surface area contributed by atoms with E-state index in [0.717, 1.165) is 32.1 Å². The van der Waals surface area contributed by atoms with E-state index in [1.165, 1.54) is 31.4 Å². The highest BCUT2D eigenvalue weighted by atomic mass is 35.5. The van der Waals surface area contributed by atoms with Gasteiger partial charge in [0.25, 0.3) is 0 Å². The molecule has 8 nitrogen and oxygen atoms in total. The topological polar surface area (TPSA) is 94.0 Å². The molecular weight excluding hydrogens is 461 g/mol. The molecule has 0 unspecified atom stereocenters. The number of alkyl halides is 3. The zero-order chi connectivity index (χ0) is 22.7. The number of rotatable bonds is 5. The fourth-order valence-electron chi connectivity index (χ4n) is 3.55. The Labute approximate surface area is 194 Å². The standard InChI is InChI=1S/C21H21F3N6O2.ClH/c1-32-19(31)14-4-2-13(3-5-14)18-17(21(22,23)24)11-26-20(29-18)28-15-10-27-30(12-15)16-6-8-25-9-7-16;/h2-5,10-12,16,25H,6-9H2,1H3,(H,26,28,29);1H. The largest absolute Gasteiger partial charge is 0.465 e. The third-order valence-corrected chi connectivity index (χ3v) is 5.21. The minimum absolute atomic E-state index is 0. The summed E-state index contributed by atoms with van der Waals surface area (Å²) >= 11 is 0. The first-order valence-electron chi connectivity index (χ1n) is 10.00. The maximum atomic E-state index is 13.6. The number of hydrogen-bond donors (Lipinski definition) is 2. The van der Waals surface area contributed by atoms with E-state index in [-0.39, 0.29) is 41.2 Å². The number of carbonyl (C=O) groups is 1. The average Bonchev–Trinajstić information content (AvgIpc) is 3.27. The number of methoxy groups -OCH3 is 1. The molecule has 1 fully saturated rings. The summed E-state index contributed by atoms with van der Waals surface area (Å²) < 4.78 is 47.2. The van der Waals surface area contributed by atoms with Gasteiger partial charge in [0, 0.05) is 18.0 Å². The Morgan fingerprint density at radius 2 is 1.88 bits per heavy atom. The number of aromatic nitrogens is 4. The van der Waals surface area contributed by atoms with Gasteiger partial charge in [-0.3, -0.25) is 4.68 Å². The number of piperidine rings is 1. The lowest BCUT2D eigenvalue weighted by atomic mass is 10.0. The van der Waals surface area contributed by atoms with Crippen LogP contribution in [0, 0.1) is 0 Å². The second kappa shape index (κ2) is 10.2. The Morgan fingerprint density at radius 3 is 2.52 bits per heavy atom. The molecule has 0 atom stereocenters. The quantitative estimate of drug-likeness (QED) is 0.525. The molecule has 1 aromatic carbocycles. The van der Waals surface area contributed by atoms with Crippen LogP contribution in [0.25, 0.3) is 11.3 Å². The molecule has 176 valence electrons. The Balaban J connectivity index is 0.00000306. The molecule has 1 saturated heterocycles. The molecule has 0 radical (unpaired) electrons. The summed E-state index contributed by atoms with van der Waals surface area (Å²) in [5, 5.41) is 10.6. The van der Waals surface area contributed by atoms with E-state index in [4.69, 9.17) is 0 Å². The molecule has 2 aromatic heterocycles. The van der Waals surface area contributed by atoms with Gasteiger partial charge >= 0.3 is 12.1 Å². The van der Waals surface area contributed by atoms with Crippen LogP contribution in [0.4, 0.5) is 24.8 Å². The van der Waals surface area contributed by atoms with Crippen molar-refractivity contribution in [1.82, 2.24) is 25.1 Å². The first-order valence-corrected chi connectivity index (χ1v) is 10.00. The van der Waals surface area contributed by atoms with Gasteiger partial charge < -0.3 is 15.4 Å². The van der Waals surface area contributed by atoms with Crippen molar-refractivity contribution in [3.63, 3.8) is 0 Å². The van der Waals surface area contributed by atoms with Crippen LogP contribution in [0.5, 0.6) is 0 Å². The van der Waals surface area contributed by atoms with Gasteiger partial charge in [0.05, 0.1) is 36.3 Å². The zero-order valence-corrected chi connectivity index (χ0v) is 18.4. The predicted octanol–water partition coefficient (Wildman–Crippen LogP) is 4.24. The Bertz CT molecular complexity index is 1100. The fraction of sp³-hybridized carbons (Fsp3) is 0.333. The number of ether oxygens (including phenoxy) is 1. The van der Waals surface area contributed by atoms with Crippen LogP contribution in [-0.4, -0.2) is 45.9 Å². The van der Waals surface area contributed by atoms with Crippen LogP contribution in [0.3, 0.4) is 0 Å². The molecule has 12 heteroatoms. The van der Waals surface area contributed by atoms with Crippen LogP contribution in [0.1, 0.15) is 34.8 Å². The lowest BCUT2D eigenvalue weighted by Crippen LogP contribution is -2.29. The molecule has 33 heavy (non-hydrogen) atoms. The van der Waals surface area contributed by atoms with Crippen LogP contribution in [-0.2, 0) is 10.9 Å². The molecule has 2 N–H and O–H groups in total. The zero-order valence-electron chi connectivity index (χ0n) is 17.6. The second-order valence-corrected chi connectivity index (χ2v) is 7.34. The van der Waals surface area contributed by atoms with Gasteiger partial charge in [0.2, 0.25) is 5.95 Å². The normalized spacial score (nSPS) is 14.4. The Morgan fingerprint density at radius 1 is 1.18 bits per heavy atom. The average molecular weight is 483 g/mol. The lowest BCUT2D eigenvalue weighted by Gasteiger charge is -2.22.